The fourth-order valence-electron chi connectivity index (χ4n) is 2.77. The summed E-state index contributed by atoms with van der Waals surface area (Å²) in [5.74, 6) is 1.12. The monoisotopic (exact) mass is 339 g/mol. The first-order valence-corrected chi connectivity index (χ1v) is 8.09. The summed E-state index contributed by atoms with van der Waals surface area (Å²) in [6, 6.07) is 12.7. The molecule has 7 heteroatoms. The van der Waals surface area contributed by atoms with E-state index in [4.69, 9.17) is 4.42 Å². The largest absolute Gasteiger partial charge is 0.463 e. The van der Waals surface area contributed by atoms with E-state index in [-0.39, 0.29) is 18.0 Å². The minimum Gasteiger partial charge on any atom is -0.463 e. The summed E-state index contributed by atoms with van der Waals surface area (Å²) in [4.78, 5) is 24.3. The van der Waals surface area contributed by atoms with Crippen LogP contribution in [-0.4, -0.2) is 27.4 Å². The molecule has 2 aromatic heterocycles. The maximum absolute atomic E-state index is 12.9. The lowest BCUT2D eigenvalue weighted by Crippen LogP contribution is -2.24. The van der Waals surface area contributed by atoms with Crippen LogP contribution in [0.1, 0.15) is 40.9 Å². The molecule has 0 N–H and O–H groups in total. The molecule has 1 aliphatic carbocycles. The highest BCUT2D eigenvalue weighted by atomic mass is 16.5. The van der Waals surface area contributed by atoms with Crippen molar-refractivity contribution >= 4 is 5.97 Å². The summed E-state index contributed by atoms with van der Waals surface area (Å²) in [6.07, 6.45) is 2.08. The van der Waals surface area contributed by atoms with Crippen molar-refractivity contribution in [1.29, 1.82) is 0 Å². The highest BCUT2D eigenvalue weighted by Gasteiger charge is 2.31. The van der Waals surface area contributed by atoms with Crippen molar-refractivity contribution in [1.82, 2.24) is 14.3 Å². The van der Waals surface area contributed by atoms with E-state index in [2.05, 4.69) is 9.84 Å². The van der Waals surface area contributed by atoms with E-state index in [9.17, 15) is 9.59 Å². The van der Waals surface area contributed by atoms with E-state index in [1.54, 1.807) is 10.6 Å². The van der Waals surface area contributed by atoms with Crippen LogP contribution >= 0.6 is 0 Å². The van der Waals surface area contributed by atoms with Crippen LogP contribution in [-0.2, 0) is 11.3 Å². The zero-order valence-corrected chi connectivity index (χ0v) is 13.7. The Morgan fingerprint density at radius 1 is 1.24 bits per heavy atom. The normalized spacial score (nSPS) is 13.8. The van der Waals surface area contributed by atoms with Gasteiger partial charge in [0.25, 0.3) is 0 Å². The summed E-state index contributed by atoms with van der Waals surface area (Å²) in [5.41, 5.74) is 0.583. The molecule has 2 heterocycles. The van der Waals surface area contributed by atoms with E-state index in [1.807, 2.05) is 30.3 Å². The van der Waals surface area contributed by atoms with Gasteiger partial charge in [0.1, 0.15) is 18.1 Å². The molecule has 0 saturated heterocycles. The molecule has 0 bridgehead atoms. The average Bonchev–Trinajstić information content (AvgIpc) is 3.30. The van der Waals surface area contributed by atoms with Crippen LogP contribution in [0.5, 0.6) is 0 Å². The Morgan fingerprint density at radius 2 is 2.00 bits per heavy atom. The summed E-state index contributed by atoms with van der Waals surface area (Å²) >= 11 is 0. The van der Waals surface area contributed by atoms with Crippen molar-refractivity contribution < 1.29 is 13.9 Å². The lowest BCUT2D eigenvalue weighted by molar-refractivity contribution is 0.0562. The Morgan fingerprint density at radius 3 is 2.68 bits per heavy atom. The summed E-state index contributed by atoms with van der Waals surface area (Å²) in [7, 11) is 1.29. The van der Waals surface area contributed by atoms with Gasteiger partial charge in [0.15, 0.2) is 0 Å². The number of aromatic nitrogens is 3. The van der Waals surface area contributed by atoms with E-state index in [0.717, 1.165) is 24.4 Å². The van der Waals surface area contributed by atoms with Crippen LogP contribution in [0, 0.1) is 0 Å². The number of rotatable bonds is 5. The Kier molecular flexibility index (Phi) is 3.76. The molecular weight excluding hydrogens is 322 g/mol. The first-order valence-electron chi connectivity index (χ1n) is 8.09. The molecule has 0 radical (unpaired) electrons. The molecule has 25 heavy (non-hydrogen) atoms. The Bertz CT molecular complexity index is 964. The second kappa shape index (κ2) is 6.08. The van der Waals surface area contributed by atoms with Crippen LogP contribution in [0.3, 0.4) is 0 Å². The third-order valence-electron chi connectivity index (χ3n) is 4.18. The fraction of sp³-hybridized carbons (Fsp3) is 0.278. The topological polar surface area (TPSA) is 79.3 Å². The number of ether oxygens (including phenoxy) is 1. The number of carbonyl (C=O) groups is 1. The average molecular weight is 339 g/mol. The van der Waals surface area contributed by atoms with Crippen LogP contribution in [0.15, 0.2) is 51.7 Å². The maximum Gasteiger partial charge on any atom is 0.373 e. The summed E-state index contributed by atoms with van der Waals surface area (Å²) < 4.78 is 13.1. The van der Waals surface area contributed by atoms with E-state index in [1.165, 1.54) is 17.9 Å². The molecule has 128 valence electrons. The van der Waals surface area contributed by atoms with Crippen molar-refractivity contribution in [2.24, 2.45) is 0 Å². The first kappa shape index (κ1) is 15.4. The molecule has 0 atom stereocenters. The van der Waals surface area contributed by atoms with E-state index >= 15 is 0 Å². The molecule has 1 aliphatic rings. The molecular formula is C18H17N3O4. The number of methoxy groups -OCH3 is 1. The van der Waals surface area contributed by atoms with Crippen molar-refractivity contribution in [3.63, 3.8) is 0 Å². The molecule has 0 aliphatic heterocycles. The molecule has 1 saturated carbocycles. The molecule has 0 spiro atoms. The van der Waals surface area contributed by atoms with Gasteiger partial charge in [-0.2, -0.15) is 5.10 Å². The van der Waals surface area contributed by atoms with Gasteiger partial charge in [0, 0.05) is 5.92 Å². The number of benzene rings is 1. The van der Waals surface area contributed by atoms with Gasteiger partial charge in [-0.25, -0.2) is 18.8 Å². The summed E-state index contributed by atoms with van der Waals surface area (Å²) in [5, 5.41) is 4.51. The molecule has 7 nitrogen and oxygen atoms in total. The zero-order valence-electron chi connectivity index (χ0n) is 13.7. The number of carbonyl (C=O) groups excluding carboxylic acids is 1. The quantitative estimate of drug-likeness (QED) is 0.667. The summed E-state index contributed by atoms with van der Waals surface area (Å²) in [6.45, 7) is 0.162. The lowest BCUT2D eigenvalue weighted by atomic mass is 10.3. The van der Waals surface area contributed by atoms with E-state index < -0.39 is 5.97 Å². The van der Waals surface area contributed by atoms with Crippen LogP contribution < -0.4 is 5.69 Å². The third-order valence-corrected chi connectivity index (χ3v) is 4.18. The smallest absolute Gasteiger partial charge is 0.373 e. The minimum absolute atomic E-state index is 0.107. The molecule has 0 unspecified atom stereocenters. The molecule has 0 amide bonds. The van der Waals surface area contributed by atoms with Crippen LogP contribution in [0.4, 0.5) is 0 Å². The lowest BCUT2D eigenvalue weighted by Gasteiger charge is -2.03. The maximum atomic E-state index is 12.9. The van der Waals surface area contributed by atoms with Crippen molar-refractivity contribution in [3.05, 3.63) is 70.3 Å². The molecule has 4 rings (SSSR count). The SMILES string of the molecule is COC(=O)c1ccc(Cn2nc(C3CC3)n(-c3ccccc3)c2=O)o1. The number of furan rings is 1. The van der Waals surface area contributed by atoms with Crippen molar-refractivity contribution in [2.75, 3.05) is 7.11 Å². The van der Waals surface area contributed by atoms with Crippen molar-refractivity contribution in [2.45, 2.75) is 25.3 Å². The number of hydrogen-bond donors (Lipinski definition) is 0. The van der Waals surface area contributed by atoms with Crippen LogP contribution in [0.25, 0.3) is 5.69 Å². The Balaban J connectivity index is 1.70. The molecule has 1 aromatic carbocycles. The van der Waals surface area contributed by atoms with Gasteiger partial charge in [-0.05, 0) is 37.1 Å². The first-order chi connectivity index (χ1) is 12.2. The zero-order chi connectivity index (χ0) is 17.4. The minimum atomic E-state index is -0.549. The van der Waals surface area contributed by atoms with Gasteiger partial charge in [0.2, 0.25) is 5.76 Å². The fourth-order valence-corrected chi connectivity index (χ4v) is 2.77. The Hall–Kier alpha value is -3.09. The van der Waals surface area contributed by atoms with Gasteiger partial charge in [-0.3, -0.25) is 0 Å². The Labute approximate surface area is 143 Å². The number of nitrogens with zero attached hydrogens (tertiary/aromatic N) is 3. The highest BCUT2D eigenvalue weighted by molar-refractivity contribution is 5.86. The molecule has 1 fully saturated rings. The second-order valence-electron chi connectivity index (χ2n) is 6.00. The van der Waals surface area contributed by atoms with E-state index in [0.29, 0.717) is 11.7 Å². The standard InChI is InChI=1S/C18H17N3O4/c1-24-17(22)15-10-9-14(25-15)11-20-18(23)21(13-5-3-2-4-6-13)16(19-20)12-7-8-12/h2-6,9-10,12H,7-8,11H2,1H3. The van der Waals surface area contributed by atoms with Gasteiger partial charge < -0.3 is 9.15 Å². The number of para-hydroxylation sites is 1. The molecule has 3 aromatic rings. The van der Waals surface area contributed by atoms with Gasteiger partial charge in [-0.15, -0.1) is 0 Å². The highest BCUT2D eigenvalue weighted by Crippen LogP contribution is 2.39. The van der Waals surface area contributed by atoms with Gasteiger partial charge in [-0.1, -0.05) is 18.2 Å². The third kappa shape index (κ3) is 2.88. The van der Waals surface area contributed by atoms with Gasteiger partial charge >= 0.3 is 11.7 Å². The number of esters is 1. The predicted octanol–water partition coefficient (Wildman–Crippen LogP) is 2.34. The second-order valence-corrected chi connectivity index (χ2v) is 6.00. The van der Waals surface area contributed by atoms with Crippen LogP contribution in [0.2, 0.25) is 0 Å². The predicted molar refractivity (Wildman–Crippen MR) is 88.9 cm³/mol. The number of hydrogen-bond acceptors (Lipinski definition) is 5. The van der Waals surface area contributed by atoms with Crippen molar-refractivity contribution in [3.8, 4) is 5.69 Å². The van der Waals surface area contributed by atoms with Gasteiger partial charge in [0.05, 0.1) is 12.8 Å².